The molecular formula is C5H9O7P. The van der Waals surface area contributed by atoms with Crippen molar-refractivity contribution in [3.8, 4) is 0 Å². The van der Waals surface area contributed by atoms with Gasteiger partial charge < -0.3 is 9.63 Å². The summed E-state index contributed by atoms with van der Waals surface area (Å²) >= 11 is 0. The molecule has 0 radical (unpaired) electrons. The van der Waals surface area contributed by atoms with E-state index in [1.54, 1.807) is 0 Å². The van der Waals surface area contributed by atoms with Gasteiger partial charge >= 0.3 is 13.8 Å². The molecule has 0 rings (SSSR count). The van der Waals surface area contributed by atoms with Crippen molar-refractivity contribution in [1.29, 1.82) is 0 Å². The van der Waals surface area contributed by atoms with Crippen LogP contribution in [0.25, 0.3) is 0 Å². The molecule has 0 aliphatic heterocycles. The Labute approximate surface area is 73.9 Å². The molecule has 0 amide bonds. The van der Waals surface area contributed by atoms with Gasteiger partial charge in [0.2, 0.25) is 6.29 Å². The Morgan fingerprint density at radius 1 is 1.69 bits per heavy atom. The molecule has 8 heteroatoms. The third kappa shape index (κ3) is 5.48. The lowest BCUT2D eigenvalue weighted by Crippen LogP contribution is -2.14. The summed E-state index contributed by atoms with van der Waals surface area (Å²) in [5.74, 6) is -1.50. The molecule has 2 N–H and O–H groups in total. The number of aliphatic hydroxyl groups is 1. The molecule has 0 aromatic rings. The monoisotopic (exact) mass is 212 g/mol. The normalized spacial score (nSPS) is 17.2. The van der Waals surface area contributed by atoms with E-state index in [0.29, 0.717) is 0 Å². The average Bonchev–Trinajstić information content (AvgIpc) is 2.02. The number of phosphoric acid groups is 1. The van der Waals surface area contributed by atoms with Crippen LogP contribution < -0.4 is 0 Å². The Kier molecular flexibility index (Phi) is 4.79. The molecule has 2 unspecified atom stereocenters. The number of hydrogen-bond acceptors (Lipinski definition) is 6. The highest BCUT2D eigenvalue weighted by Crippen LogP contribution is 2.44. The fraction of sp³-hybridized carbons (Fsp3) is 0.600. The molecule has 0 aliphatic rings. The number of carbonyl (C=O) groups is 2. The molecule has 0 saturated carbocycles. The predicted molar refractivity (Wildman–Crippen MR) is 39.6 cm³/mol. The maximum atomic E-state index is 10.8. The standard InChI is InChI=1S/C5H9O7P/c1-4(2-6)11-13(9,10)12-5(8)3-7/h3-4,6H,2H2,1H3,(H,9,10). The Morgan fingerprint density at radius 2 is 2.23 bits per heavy atom. The van der Waals surface area contributed by atoms with Gasteiger partial charge in [0.15, 0.2) is 0 Å². The van der Waals surface area contributed by atoms with Crippen LogP contribution in [-0.2, 0) is 23.2 Å². The second kappa shape index (κ2) is 5.08. The minimum atomic E-state index is -4.58. The Morgan fingerprint density at radius 3 is 2.62 bits per heavy atom. The minimum Gasteiger partial charge on any atom is -0.394 e. The summed E-state index contributed by atoms with van der Waals surface area (Å²) in [6.07, 6.45) is -1.23. The Balaban J connectivity index is 4.16. The first kappa shape index (κ1) is 12.2. The van der Waals surface area contributed by atoms with Crippen molar-refractivity contribution in [2.24, 2.45) is 0 Å². The van der Waals surface area contributed by atoms with E-state index in [-0.39, 0.29) is 6.29 Å². The quantitative estimate of drug-likeness (QED) is 0.349. The van der Waals surface area contributed by atoms with E-state index in [4.69, 9.17) is 10.00 Å². The average molecular weight is 212 g/mol. The van der Waals surface area contributed by atoms with E-state index in [1.807, 2.05) is 0 Å². The minimum absolute atomic E-state index is 0.268. The Hall–Kier alpha value is -0.750. The van der Waals surface area contributed by atoms with E-state index < -0.39 is 26.5 Å². The summed E-state index contributed by atoms with van der Waals surface area (Å²) in [4.78, 5) is 28.7. The molecule has 13 heavy (non-hydrogen) atoms. The third-order valence-electron chi connectivity index (χ3n) is 0.872. The topological polar surface area (TPSA) is 110 Å². The van der Waals surface area contributed by atoms with Gasteiger partial charge in [-0.3, -0.25) is 14.2 Å². The van der Waals surface area contributed by atoms with Crippen LogP contribution in [0, 0.1) is 0 Å². The SMILES string of the molecule is CC(CO)OP(=O)(O)OC(=O)C=O. The third-order valence-corrected chi connectivity index (χ3v) is 1.91. The summed E-state index contributed by atoms with van der Waals surface area (Å²) in [5.41, 5.74) is 0. The molecule has 7 nitrogen and oxygen atoms in total. The van der Waals surface area contributed by atoms with Gasteiger partial charge in [0.05, 0.1) is 12.7 Å². The number of rotatable bonds is 5. The van der Waals surface area contributed by atoms with Crippen molar-refractivity contribution in [3.63, 3.8) is 0 Å². The van der Waals surface area contributed by atoms with Crippen LogP contribution >= 0.6 is 7.82 Å². The summed E-state index contributed by atoms with van der Waals surface area (Å²) in [5, 5.41) is 8.42. The van der Waals surface area contributed by atoms with Crippen molar-refractivity contribution >= 4 is 20.1 Å². The highest BCUT2D eigenvalue weighted by molar-refractivity contribution is 7.48. The number of hydrogen-bond donors (Lipinski definition) is 2. The Bertz CT molecular complexity index is 237. The summed E-state index contributed by atoms with van der Waals surface area (Å²) < 4.78 is 18.7. The van der Waals surface area contributed by atoms with Crippen LogP contribution in [0.2, 0.25) is 0 Å². The fourth-order valence-electron chi connectivity index (χ4n) is 0.417. The van der Waals surface area contributed by atoms with Crippen molar-refractivity contribution in [2.75, 3.05) is 6.61 Å². The molecule has 76 valence electrons. The van der Waals surface area contributed by atoms with Crippen molar-refractivity contribution in [3.05, 3.63) is 0 Å². The lowest BCUT2D eigenvalue weighted by atomic mass is 10.5. The summed E-state index contributed by atoms with van der Waals surface area (Å²) in [6.45, 7) is 0.779. The highest BCUT2D eigenvalue weighted by Gasteiger charge is 2.28. The van der Waals surface area contributed by atoms with Gasteiger partial charge in [0, 0.05) is 0 Å². The molecule has 0 bridgehead atoms. The van der Waals surface area contributed by atoms with Gasteiger partial charge in [0.25, 0.3) is 0 Å². The van der Waals surface area contributed by atoms with Gasteiger partial charge in [-0.25, -0.2) is 9.36 Å². The van der Waals surface area contributed by atoms with Crippen molar-refractivity contribution in [1.82, 2.24) is 0 Å². The van der Waals surface area contributed by atoms with Crippen LogP contribution in [0.15, 0.2) is 0 Å². The maximum Gasteiger partial charge on any atom is 0.530 e. The van der Waals surface area contributed by atoms with Crippen LogP contribution in [0.3, 0.4) is 0 Å². The van der Waals surface area contributed by atoms with E-state index in [9.17, 15) is 14.2 Å². The van der Waals surface area contributed by atoms with E-state index in [1.165, 1.54) is 6.92 Å². The second-order valence-corrected chi connectivity index (χ2v) is 3.43. The van der Waals surface area contributed by atoms with Crippen LogP contribution in [0.5, 0.6) is 0 Å². The van der Waals surface area contributed by atoms with Gasteiger partial charge in [0.1, 0.15) is 0 Å². The molecule has 0 aliphatic carbocycles. The lowest BCUT2D eigenvalue weighted by Gasteiger charge is -2.13. The summed E-state index contributed by atoms with van der Waals surface area (Å²) in [6, 6.07) is 0. The molecule has 0 saturated heterocycles. The first-order valence-electron chi connectivity index (χ1n) is 3.22. The molecule has 0 spiro atoms. The molecule has 2 atom stereocenters. The number of aldehydes is 1. The van der Waals surface area contributed by atoms with Crippen LogP contribution in [0.4, 0.5) is 0 Å². The predicted octanol–water partition coefficient (Wildman–Crippen LogP) is -0.774. The number of aliphatic hydroxyl groups excluding tert-OH is 1. The van der Waals surface area contributed by atoms with E-state index in [2.05, 4.69) is 9.05 Å². The zero-order valence-corrected chi connectivity index (χ0v) is 7.64. The van der Waals surface area contributed by atoms with E-state index >= 15 is 0 Å². The zero-order valence-electron chi connectivity index (χ0n) is 6.74. The molecule has 0 aromatic heterocycles. The summed E-state index contributed by atoms with van der Waals surface area (Å²) in [7, 11) is -4.58. The van der Waals surface area contributed by atoms with Crippen LogP contribution in [0.1, 0.15) is 6.92 Å². The number of phosphoric ester groups is 1. The smallest absolute Gasteiger partial charge is 0.394 e. The van der Waals surface area contributed by atoms with Crippen molar-refractivity contribution < 1.29 is 33.2 Å². The van der Waals surface area contributed by atoms with Gasteiger partial charge in [-0.15, -0.1) is 0 Å². The number of carbonyl (C=O) groups excluding carboxylic acids is 2. The van der Waals surface area contributed by atoms with Gasteiger partial charge in [-0.2, -0.15) is 0 Å². The van der Waals surface area contributed by atoms with Gasteiger partial charge in [-0.1, -0.05) is 0 Å². The molecule has 0 aromatic carbocycles. The lowest BCUT2D eigenvalue weighted by molar-refractivity contribution is -0.142. The molecule has 0 heterocycles. The maximum absolute atomic E-state index is 10.8. The molecular weight excluding hydrogens is 203 g/mol. The molecule has 0 fully saturated rings. The largest absolute Gasteiger partial charge is 0.530 e. The first-order chi connectivity index (χ1) is 5.91. The fourth-order valence-corrected chi connectivity index (χ4v) is 1.25. The van der Waals surface area contributed by atoms with E-state index in [0.717, 1.165) is 0 Å². The second-order valence-electron chi connectivity index (χ2n) is 2.10. The van der Waals surface area contributed by atoms with Crippen molar-refractivity contribution in [2.45, 2.75) is 13.0 Å². The van der Waals surface area contributed by atoms with Crippen LogP contribution in [-0.4, -0.2) is 35.0 Å². The first-order valence-corrected chi connectivity index (χ1v) is 4.71. The van der Waals surface area contributed by atoms with Gasteiger partial charge in [-0.05, 0) is 6.92 Å². The highest BCUT2D eigenvalue weighted by atomic mass is 31.2. The zero-order chi connectivity index (χ0) is 10.5.